The van der Waals surface area contributed by atoms with Gasteiger partial charge in [0.2, 0.25) is 0 Å². The number of carbonyl (C=O) groups excluding carboxylic acids is 1. The second-order valence-electron chi connectivity index (χ2n) is 5.19. The first kappa shape index (κ1) is 10.9. The highest BCUT2D eigenvalue weighted by Crippen LogP contribution is 2.29. The van der Waals surface area contributed by atoms with Crippen molar-refractivity contribution < 1.29 is 9.53 Å². The number of carbonyl (C=O) groups is 1. The number of pyridine rings is 1. The molecule has 4 heteroatoms. The van der Waals surface area contributed by atoms with Crippen LogP contribution in [0.25, 0.3) is 10.9 Å². The van der Waals surface area contributed by atoms with Crippen molar-refractivity contribution in [2.24, 2.45) is 0 Å². The first-order valence-electron chi connectivity index (χ1n) is 6.59. The molecule has 2 aliphatic rings. The number of amides is 1. The number of benzene rings is 1. The number of para-hydroxylation sites is 1. The van der Waals surface area contributed by atoms with Crippen LogP contribution < -0.4 is 0 Å². The van der Waals surface area contributed by atoms with E-state index in [0.29, 0.717) is 18.8 Å². The van der Waals surface area contributed by atoms with Gasteiger partial charge < -0.3 is 9.64 Å². The van der Waals surface area contributed by atoms with E-state index in [9.17, 15) is 4.79 Å². The Kier molecular flexibility index (Phi) is 2.32. The number of nitrogens with zero attached hydrogens (tertiary/aromatic N) is 2. The van der Waals surface area contributed by atoms with Gasteiger partial charge in [-0.2, -0.15) is 0 Å². The Hall–Kier alpha value is -1.94. The highest BCUT2D eigenvalue weighted by Gasteiger charge is 2.41. The third kappa shape index (κ3) is 1.71. The lowest BCUT2D eigenvalue weighted by molar-refractivity contribution is 0.0256. The third-order valence-corrected chi connectivity index (χ3v) is 3.98. The summed E-state index contributed by atoms with van der Waals surface area (Å²) >= 11 is 0. The lowest BCUT2D eigenvalue weighted by Gasteiger charge is -2.26. The van der Waals surface area contributed by atoms with E-state index in [1.54, 1.807) is 0 Å². The van der Waals surface area contributed by atoms with E-state index in [0.717, 1.165) is 17.3 Å². The number of aromatic nitrogens is 1. The van der Waals surface area contributed by atoms with Crippen molar-refractivity contribution in [3.63, 3.8) is 0 Å². The number of ether oxygens (including phenoxy) is 1. The molecule has 4 rings (SSSR count). The van der Waals surface area contributed by atoms with Gasteiger partial charge in [0.25, 0.3) is 5.91 Å². The van der Waals surface area contributed by atoms with Crippen molar-refractivity contribution >= 4 is 16.8 Å². The Labute approximate surface area is 111 Å². The minimum atomic E-state index is 0.0292. The van der Waals surface area contributed by atoms with Crippen molar-refractivity contribution in [1.29, 1.82) is 0 Å². The molecule has 1 aromatic heterocycles. The van der Waals surface area contributed by atoms with Crippen molar-refractivity contribution in [2.45, 2.75) is 18.6 Å². The number of rotatable bonds is 1. The summed E-state index contributed by atoms with van der Waals surface area (Å²) in [6.45, 7) is 1.38. The molecule has 2 aromatic rings. The van der Waals surface area contributed by atoms with E-state index < -0.39 is 0 Å². The maximum atomic E-state index is 12.5. The van der Waals surface area contributed by atoms with Crippen LogP contribution >= 0.6 is 0 Å². The molecule has 19 heavy (non-hydrogen) atoms. The molecule has 96 valence electrons. The molecular weight excluding hydrogens is 240 g/mol. The lowest BCUT2D eigenvalue weighted by Crippen LogP contribution is -2.41. The summed E-state index contributed by atoms with van der Waals surface area (Å²) in [6, 6.07) is 11.9. The van der Waals surface area contributed by atoms with Crippen molar-refractivity contribution in [3.8, 4) is 0 Å². The van der Waals surface area contributed by atoms with E-state index in [1.807, 2.05) is 41.3 Å². The molecule has 2 atom stereocenters. The number of fused-ring (bicyclic) bond motifs is 3. The zero-order chi connectivity index (χ0) is 12.8. The van der Waals surface area contributed by atoms with Gasteiger partial charge in [-0.15, -0.1) is 0 Å². The summed E-state index contributed by atoms with van der Waals surface area (Å²) in [5.41, 5.74) is 1.40. The van der Waals surface area contributed by atoms with Crippen LogP contribution in [0.1, 0.15) is 16.9 Å². The number of hydrogen-bond acceptors (Lipinski definition) is 3. The van der Waals surface area contributed by atoms with E-state index in [4.69, 9.17) is 4.74 Å². The maximum Gasteiger partial charge on any atom is 0.272 e. The summed E-state index contributed by atoms with van der Waals surface area (Å²) in [7, 11) is 0. The predicted octanol–water partition coefficient (Wildman–Crippen LogP) is 1.85. The van der Waals surface area contributed by atoms with E-state index >= 15 is 0 Å². The Morgan fingerprint density at radius 3 is 2.95 bits per heavy atom. The number of morpholine rings is 1. The third-order valence-electron chi connectivity index (χ3n) is 3.98. The molecule has 0 saturated carbocycles. The van der Waals surface area contributed by atoms with Crippen molar-refractivity contribution in [1.82, 2.24) is 9.88 Å². The van der Waals surface area contributed by atoms with Gasteiger partial charge in [-0.05, 0) is 18.6 Å². The molecule has 2 aliphatic heterocycles. The molecule has 2 bridgehead atoms. The van der Waals surface area contributed by atoms with Crippen LogP contribution in [-0.2, 0) is 4.74 Å². The molecule has 1 amide bonds. The van der Waals surface area contributed by atoms with Crippen LogP contribution in [0.3, 0.4) is 0 Å². The van der Waals surface area contributed by atoms with Gasteiger partial charge in [0, 0.05) is 11.9 Å². The Morgan fingerprint density at radius 2 is 2.16 bits per heavy atom. The fourth-order valence-electron chi connectivity index (χ4n) is 2.98. The Bertz CT molecular complexity index is 655. The van der Waals surface area contributed by atoms with Crippen LogP contribution in [0.2, 0.25) is 0 Å². The normalized spacial score (nSPS) is 25.2. The fraction of sp³-hybridized carbons (Fsp3) is 0.333. The average Bonchev–Trinajstić information content (AvgIpc) is 3.08. The second-order valence-corrected chi connectivity index (χ2v) is 5.19. The number of hydrogen-bond donors (Lipinski definition) is 0. The first-order valence-corrected chi connectivity index (χ1v) is 6.59. The van der Waals surface area contributed by atoms with E-state index in [-0.39, 0.29) is 18.1 Å². The smallest absolute Gasteiger partial charge is 0.272 e. The molecule has 0 aliphatic carbocycles. The summed E-state index contributed by atoms with van der Waals surface area (Å²) in [4.78, 5) is 18.9. The lowest BCUT2D eigenvalue weighted by atomic mass is 10.2. The largest absolute Gasteiger partial charge is 0.374 e. The fourth-order valence-corrected chi connectivity index (χ4v) is 2.98. The summed E-state index contributed by atoms with van der Waals surface area (Å²) in [6.07, 6.45) is 1.20. The van der Waals surface area contributed by atoms with Gasteiger partial charge >= 0.3 is 0 Å². The first-order chi connectivity index (χ1) is 9.31. The SMILES string of the molecule is O=C(c1ccc2ccccc2n1)N1CC2CC1CO2. The van der Waals surface area contributed by atoms with Crippen LogP contribution in [0.4, 0.5) is 0 Å². The zero-order valence-electron chi connectivity index (χ0n) is 10.5. The highest BCUT2D eigenvalue weighted by atomic mass is 16.5. The van der Waals surface area contributed by atoms with Crippen LogP contribution in [0.15, 0.2) is 36.4 Å². The van der Waals surface area contributed by atoms with Gasteiger partial charge in [0.1, 0.15) is 5.69 Å². The zero-order valence-corrected chi connectivity index (χ0v) is 10.5. The molecule has 0 radical (unpaired) electrons. The topological polar surface area (TPSA) is 42.4 Å². The molecular formula is C15H14N2O2. The summed E-state index contributed by atoms with van der Waals surface area (Å²) in [5.74, 6) is 0.0292. The van der Waals surface area contributed by atoms with Crippen LogP contribution in [0.5, 0.6) is 0 Å². The maximum absolute atomic E-state index is 12.5. The second kappa shape index (κ2) is 4.03. The van der Waals surface area contributed by atoms with Gasteiger partial charge in [0.05, 0.1) is 24.3 Å². The highest BCUT2D eigenvalue weighted by molar-refractivity contribution is 5.95. The molecule has 3 heterocycles. The minimum absolute atomic E-state index is 0.0292. The molecule has 2 fully saturated rings. The van der Waals surface area contributed by atoms with Crippen LogP contribution in [0, 0.1) is 0 Å². The molecule has 0 spiro atoms. The summed E-state index contributed by atoms with van der Waals surface area (Å²) in [5, 5.41) is 1.06. The molecule has 0 N–H and O–H groups in total. The standard InChI is InChI=1S/C15H14N2O2/c18-15(17-8-12-7-11(17)9-19-12)14-6-5-10-3-1-2-4-13(10)16-14/h1-6,11-12H,7-9H2. The predicted molar refractivity (Wildman–Crippen MR) is 70.9 cm³/mol. The van der Waals surface area contributed by atoms with Crippen LogP contribution in [-0.4, -0.2) is 41.1 Å². The molecule has 4 nitrogen and oxygen atoms in total. The van der Waals surface area contributed by atoms with Crippen molar-refractivity contribution in [2.75, 3.05) is 13.2 Å². The average molecular weight is 254 g/mol. The number of likely N-dealkylation sites (tertiary alicyclic amines) is 1. The molecule has 2 unspecified atom stereocenters. The van der Waals surface area contributed by atoms with Gasteiger partial charge in [-0.3, -0.25) is 4.79 Å². The molecule has 2 saturated heterocycles. The van der Waals surface area contributed by atoms with Gasteiger partial charge in [-0.25, -0.2) is 4.98 Å². The summed E-state index contributed by atoms with van der Waals surface area (Å²) < 4.78 is 5.52. The van der Waals surface area contributed by atoms with Gasteiger partial charge in [-0.1, -0.05) is 24.3 Å². The van der Waals surface area contributed by atoms with E-state index in [1.165, 1.54) is 0 Å². The molecule has 1 aromatic carbocycles. The van der Waals surface area contributed by atoms with E-state index in [2.05, 4.69) is 4.98 Å². The minimum Gasteiger partial charge on any atom is -0.374 e. The van der Waals surface area contributed by atoms with Crippen molar-refractivity contribution in [3.05, 3.63) is 42.1 Å². The monoisotopic (exact) mass is 254 g/mol. The Balaban J connectivity index is 1.68. The Morgan fingerprint density at radius 1 is 1.26 bits per heavy atom. The van der Waals surface area contributed by atoms with Gasteiger partial charge in [0.15, 0.2) is 0 Å². The quantitative estimate of drug-likeness (QED) is 0.780.